The smallest absolute Gasteiger partial charge is 0.251 e. The zero-order valence-corrected chi connectivity index (χ0v) is 19.0. The van der Waals surface area contributed by atoms with Gasteiger partial charge in [-0.15, -0.1) is 0 Å². The van der Waals surface area contributed by atoms with Gasteiger partial charge in [0, 0.05) is 5.56 Å². The van der Waals surface area contributed by atoms with Crippen LogP contribution in [0.25, 0.3) is 0 Å². The molecule has 3 rings (SSSR count). The minimum Gasteiger partial charge on any atom is -0.489 e. The van der Waals surface area contributed by atoms with Gasteiger partial charge in [0.15, 0.2) is 0 Å². The van der Waals surface area contributed by atoms with Gasteiger partial charge < -0.3 is 10.1 Å². The van der Waals surface area contributed by atoms with Crippen LogP contribution in [-0.4, -0.2) is 5.91 Å². The van der Waals surface area contributed by atoms with Crippen LogP contribution in [-0.2, 0) is 6.61 Å². The summed E-state index contributed by atoms with van der Waals surface area (Å²) >= 11 is 0. The monoisotopic (exact) mass is 415 g/mol. The molecular weight excluding hydrogens is 382 g/mol. The standard InChI is InChI=1S/C28H33NO2/c1-20(2)16-27(24-12-9-11-23(18-24)21(3)4)29-28(30)25-13-8-10-22(17-25)19-31-26-14-6-5-7-15-26/h5-15,17-18,20-21,27H,16,19H2,1-4H3,(H,29,30). The Bertz CT molecular complexity index is 979. The Balaban J connectivity index is 1.73. The molecule has 0 saturated heterocycles. The number of carbonyl (C=O) groups is 1. The van der Waals surface area contributed by atoms with Crippen molar-refractivity contribution in [2.75, 3.05) is 0 Å². The Morgan fingerprint density at radius 2 is 1.55 bits per heavy atom. The van der Waals surface area contributed by atoms with Gasteiger partial charge in [-0.05, 0) is 59.2 Å². The van der Waals surface area contributed by atoms with Gasteiger partial charge in [-0.3, -0.25) is 4.79 Å². The first kappa shape index (κ1) is 22.6. The molecule has 162 valence electrons. The van der Waals surface area contributed by atoms with Crippen molar-refractivity contribution in [3.8, 4) is 5.75 Å². The summed E-state index contributed by atoms with van der Waals surface area (Å²) < 4.78 is 5.83. The second kappa shape index (κ2) is 10.8. The molecule has 3 aromatic carbocycles. The Morgan fingerprint density at radius 1 is 0.839 bits per heavy atom. The van der Waals surface area contributed by atoms with Crippen molar-refractivity contribution in [1.82, 2.24) is 5.32 Å². The molecule has 3 heteroatoms. The Kier molecular flexibility index (Phi) is 7.88. The van der Waals surface area contributed by atoms with Gasteiger partial charge in [0.1, 0.15) is 12.4 Å². The molecule has 0 bridgehead atoms. The van der Waals surface area contributed by atoms with Gasteiger partial charge in [-0.1, -0.05) is 82.3 Å². The maximum atomic E-state index is 13.1. The Hall–Kier alpha value is -3.07. The highest BCUT2D eigenvalue weighted by molar-refractivity contribution is 5.94. The van der Waals surface area contributed by atoms with Crippen LogP contribution in [0.2, 0.25) is 0 Å². The third-order valence-corrected chi connectivity index (χ3v) is 5.33. The predicted octanol–water partition coefficient (Wildman–Crippen LogP) is 6.91. The van der Waals surface area contributed by atoms with E-state index in [0.29, 0.717) is 24.0 Å². The molecular formula is C28H33NO2. The fourth-order valence-electron chi connectivity index (χ4n) is 3.61. The van der Waals surface area contributed by atoms with E-state index in [1.807, 2.05) is 54.6 Å². The summed E-state index contributed by atoms with van der Waals surface area (Å²) in [6.45, 7) is 9.19. The average molecular weight is 416 g/mol. The quantitative estimate of drug-likeness (QED) is 0.412. The molecule has 1 amide bonds. The number of para-hydroxylation sites is 1. The molecule has 0 aliphatic heterocycles. The predicted molar refractivity (Wildman–Crippen MR) is 127 cm³/mol. The summed E-state index contributed by atoms with van der Waals surface area (Å²) in [6, 6.07) is 25.9. The van der Waals surface area contributed by atoms with Crippen molar-refractivity contribution >= 4 is 5.91 Å². The lowest BCUT2D eigenvalue weighted by atomic mass is 9.93. The summed E-state index contributed by atoms with van der Waals surface area (Å²) in [6.07, 6.45) is 0.893. The maximum absolute atomic E-state index is 13.1. The minimum atomic E-state index is -0.0536. The highest BCUT2D eigenvalue weighted by atomic mass is 16.5. The normalized spacial score (nSPS) is 12.1. The molecule has 0 aliphatic carbocycles. The van der Waals surface area contributed by atoms with Crippen LogP contribution in [0.1, 0.15) is 73.1 Å². The second-order valence-corrected chi connectivity index (χ2v) is 8.78. The van der Waals surface area contributed by atoms with E-state index in [1.54, 1.807) is 0 Å². The summed E-state index contributed by atoms with van der Waals surface area (Å²) in [4.78, 5) is 13.1. The van der Waals surface area contributed by atoms with Crippen LogP contribution in [0.15, 0.2) is 78.9 Å². The van der Waals surface area contributed by atoms with Crippen molar-refractivity contribution in [3.63, 3.8) is 0 Å². The number of ether oxygens (including phenoxy) is 1. The highest BCUT2D eigenvalue weighted by Crippen LogP contribution is 2.25. The average Bonchev–Trinajstić information content (AvgIpc) is 2.78. The van der Waals surface area contributed by atoms with E-state index < -0.39 is 0 Å². The van der Waals surface area contributed by atoms with Crippen LogP contribution in [0.5, 0.6) is 5.75 Å². The molecule has 0 aromatic heterocycles. The highest BCUT2D eigenvalue weighted by Gasteiger charge is 2.18. The molecule has 0 radical (unpaired) electrons. The number of nitrogens with one attached hydrogen (secondary N) is 1. The third kappa shape index (κ3) is 6.71. The molecule has 1 unspecified atom stereocenters. The summed E-state index contributed by atoms with van der Waals surface area (Å²) in [5, 5.41) is 3.27. The van der Waals surface area contributed by atoms with E-state index >= 15 is 0 Å². The lowest BCUT2D eigenvalue weighted by Gasteiger charge is -2.22. The van der Waals surface area contributed by atoms with E-state index in [4.69, 9.17) is 4.74 Å². The molecule has 0 heterocycles. The van der Waals surface area contributed by atoms with Crippen LogP contribution < -0.4 is 10.1 Å². The topological polar surface area (TPSA) is 38.3 Å². The molecule has 31 heavy (non-hydrogen) atoms. The molecule has 0 fully saturated rings. The lowest BCUT2D eigenvalue weighted by molar-refractivity contribution is 0.0931. The minimum absolute atomic E-state index is 0.0181. The van der Waals surface area contributed by atoms with Gasteiger partial charge in [0.05, 0.1) is 6.04 Å². The number of benzene rings is 3. The van der Waals surface area contributed by atoms with Crippen LogP contribution in [0, 0.1) is 5.92 Å². The summed E-state index contributed by atoms with van der Waals surface area (Å²) in [7, 11) is 0. The van der Waals surface area contributed by atoms with Gasteiger partial charge in [-0.25, -0.2) is 0 Å². The zero-order valence-electron chi connectivity index (χ0n) is 19.0. The van der Waals surface area contributed by atoms with E-state index in [-0.39, 0.29) is 11.9 Å². The number of carbonyl (C=O) groups excluding carboxylic acids is 1. The largest absolute Gasteiger partial charge is 0.489 e. The molecule has 0 spiro atoms. The van der Waals surface area contributed by atoms with E-state index in [2.05, 4.69) is 57.3 Å². The van der Waals surface area contributed by atoms with Gasteiger partial charge in [0.25, 0.3) is 5.91 Å². The van der Waals surface area contributed by atoms with Gasteiger partial charge in [0.2, 0.25) is 0 Å². The van der Waals surface area contributed by atoms with Gasteiger partial charge in [-0.2, -0.15) is 0 Å². The number of amides is 1. The molecule has 1 N–H and O–H groups in total. The third-order valence-electron chi connectivity index (χ3n) is 5.33. The fourth-order valence-corrected chi connectivity index (χ4v) is 3.61. The first-order valence-corrected chi connectivity index (χ1v) is 11.1. The number of hydrogen-bond donors (Lipinski definition) is 1. The van der Waals surface area contributed by atoms with Gasteiger partial charge >= 0.3 is 0 Å². The molecule has 0 saturated carbocycles. The summed E-state index contributed by atoms with van der Waals surface area (Å²) in [5.41, 5.74) is 4.08. The Labute approximate surface area is 186 Å². The number of hydrogen-bond acceptors (Lipinski definition) is 2. The second-order valence-electron chi connectivity index (χ2n) is 8.78. The van der Waals surface area contributed by atoms with Crippen molar-refractivity contribution in [2.45, 2.75) is 52.7 Å². The van der Waals surface area contributed by atoms with E-state index in [1.165, 1.54) is 5.56 Å². The van der Waals surface area contributed by atoms with E-state index in [0.717, 1.165) is 23.3 Å². The molecule has 0 aliphatic rings. The summed E-state index contributed by atoms with van der Waals surface area (Å²) in [5.74, 6) is 1.69. The first-order chi connectivity index (χ1) is 14.9. The first-order valence-electron chi connectivity index (χ1n) is 11.1. The Morgan fingerprint density at radius 3 is 2.26 bits per heavy atom. The van der Waals surface area contributed by atoms with Crippen molar-refractivity contribution in [1.29, 1.82) is 0 Å². The maximum Gasteiger partial charge on any atom is 0.251 e. The van der Waals surface area contributed by atoms with Crippen LogP contribution in [0.4, 0.5) is 0 Å². The SMILES string of the molecule is CC(C)CC(NC(=O)c1cccc(COc2ccccc2)c1)c1cccc(C(C)C)c1. The lowest BCUT2D eigenvalue weighted by Crippen LogP contribution is -2.29. The van der Waals surface area contributed by atoms with E-state index in [9.17, 15) is 4.79 Å². The van der Waals surface area contributed by atoms with Crippen LogP contribution >= 0.6 is 0 Å². The number of rotatable bonds is 9. The van der Waals surface area contributed by atoms with Crippen molar-refractivity contribution in [3.05, 3.63) is 101 Å². The van der Waals surface area contributed by atoms with Crippen LogP contribution in [0.3, 0.4) is 0 Å². The van der Waals surface area contributed by atoms with Crippen molar-refractivity contribution in [2.24, 2.45) is 5.92 Å². The zero-order chi connectivity index (χ0) is 22.2. The molecule has 3 aromatic rings. The fraction of sp³-hybridized carbons (Fsp3) is 0.321. The molecule has 1 atom stereocenters. The van der Waals surface area contributed by atoms with Crippen molar-refractivity contribution < 1.29 is 9.53 Å². The molecule has 3 nitrogen and oxygen atoms in total.